The first-order valence-corrected chi connectivity index (χ1v) is 5.26. The number of hydrogen-bond donors (Lipinski definition) is 1. The van der Waals surface area contributed by atoms with E-state index < -0.39 is 11.8 Å². The molecule has 1 aliphatic carbocycles. The molecule has 0 radical (unpaired) electrons. The van der Waals surface area contributed by atoms with Gasteiger partial charge in [-0.1, -0.05) is 6.42 Å². The first-order chi connectivity index (χ1) is 6.93. The van der Waals surface area contributed by atoms with Crippen LogP contribution in [-0.4, -0.2) is 37.5 Å². The number of carbonyl (C=O) groups is 1. The van der Waals surface area contributed by atoms with Crippen LogP contribution < -0.4 is 5.32 Å². The summed E-state index contributed by atoms with van der Waals surface area (Å²) in [4.78, 5) is 12.5. The van der Waals surface area contributed by atoms with E-state index in [4.69, 9.17) is 0 Å². The van der Waals surface area contributed by atoms with Gasteiger partial charge in [0.1, 0.15) is 0 Å². The average molecular weight is 220 g/mol. The molecule has 0 saturated heterocycles. The Hall–Kier alpha value is -0.870. The zero-order valence-electron chi connectivity index (χ0n) is 9.22. The monoisotopic (exact) mass is 220 g/mol. The molecule has 5 heteroatoms. The highest BCUT2D eigenvalue weighted by molar-refractivity contribution is 5.73. The van der Waals surface area contributed by atoms with Crippen molar-refractivity contribution >= 4 is 6.03 Å². The molecule has 0 aromatic rings. The highest BCUT2D eigenvalue weighted by atomic mass is 19.3. The molecule has 0 bridgehead atoms. The zero-order valence-corrected chi connectivity index (χ0v) is 9.22. The van der Waals surface area contributed by atoms with E-state index in [0.29, 0.717) is 12.8 Å². The fraction of sp³-hybridized carbons (Fsp3) is 0.900. The van der Waals surface area contributed by atoms with Gasteiger partial charge < -0.3 is 10.2 Å². The van der Waals surface area contributed by atoms with E-state index in [1.165, 1.54) is 4.90 Å². The molecule has 0 heterocycles. The van der Waals surface area contributed by atoms with Gasteiger partial charge in [0, 0.05) is 33.0 Å². The molecule has 0 spiro atoms. The van der Waals surface area contributed by atoms with E-state index in [1.54, 1.807) is 14.1 Å². The number of carbonyl (C=O) groups excluding carboxylic acids is 1. The Kier molecular flexibility index (Phi) is 3.88. The van der Waals surface area contributed by atoms with Crippen molar-refractivity contribution < 1.29 is 13.6 Å². The van der Waals surface area contributed by atoms with E-state index >= 15 is 0 Å². The van der Waals surface area contributed by atoms with Crippen molar-refractivity contribution in [3.05, 3.63) is 0 Å². The number of urea groups is 1. The molecule has 1 N–H and O–H groups in total. The second kappa shape index (κ2) is 4.77. The summed E-state index contributed by atoms with van der Waals surface area (Å²) in [6, 6.07) is -0.309. The maximum atomic E-state index is 13.4. The van der Waals surface area contributed by atoms with Crippen LogP contribution in [0.4, 0.5) is 13.6 Å². The van der Waals surface area contributed by atoms with E-state index in [2.05, 4.69) is 5.32 Å². The van der Waals surface area contributed by atoms with Gasteiger partial charge in [0.2, 0.25) is 0 Å². The van der Waals surface area contributed by atoms with E-state index in [1.807, 2.05) is 0 Å². The Labute approximate surface area is 88.8 Å². The molecule has 0 aromatic carbocycles. The number of rotatable bonds is 2. The molecule has 1 aliphatic rings. The van der Waals surface area contributed by atoms with Gasteiger partial charge in [0.15, 0.2) is 0 Å². The molecular weight excluding hydrogens is 202 g/mol. The minimum absolute atomic E-state index is 0.0461. The lowest BCUT2D eigenvalue weighted by Gasteiger charge is -2.31. The van der Waals surface area contributed by atoms with Gasteiger partial charge in [-0.25, -0.2) is 13.6 Å². The summed E-state index contributed by atoms with van der Waals surface area (Å²) in [5.41, 5.74) is 0. The summed E-state index contributed by atoms with van der Waals surface area (Å²) in [6.07, 6.45) is 1.87. The molecule has 15 heavy (non-hydrogen) atoms. The van der Waals surface area contributed by atoms with Crippen LogP contribution >= 0.6 is 0 Å². The van der Waals surface area contributed by atoms with Gasteiger partial charge in [-0.15, -0.1) is 0 Å². The minimum atomic E-state index is -2.61. The van der Waals surface area contributed by atoms with Crippen LogP contribution in [-0.2, 0) is 0 Å². The van der Waals surface area contributed by atoms with Crippen LogP contribution in [0.3, 0.4) is 0 Å². The van der Waals surface area contributed by atoms with Gasteiger partial charge in [0.05, 0.1) is 0 Å². The summed E-state index contributed by atoms with van der Waals surface area (Å²) < 4.78 is 26.7. The van der Waals surface area contributed by atoms with Crippen LogP contribution in [0.2, 0.25) is 0 Å². The third kappa shape index (κ3) is 3.32. The van der Waals surface area contributed by atoms with E-state index in [0.717, 1.165) is 6.42 Å². The molecular formula is C10H18F2N2O. The quantitative estimate of drug-likeness (QED) is 0.759. The summed E-state index contributed by atoms with van der Waals surface area (Å²) >= 11 is 0. The van der Waals surface area contributed by atoms with Gasteiger partial charge in [-0.2, -0.15) is 0 Å². The van der Waals surface area contributed by atoms with Gasteiger partial charge in [0.25, 0.3) is 5.92 Å². The van der Waals surface area contributed by atoms with Crippen LogP contribution in [0.1, 0.15) is 25.7 Å². The fourth-order valence-corrected chi connectivity index (χ4v) is 1.79. The predicted molar refractivity (Wildman–Crippen MR) is 54.0 cm³/mol. The van der Waals surface area contributed by atoms with Crippen molar-refractivity contribution in [2.75, 3.05) is 20.6 Å². The fourth-order valence-electron chi connectivity index (χ4n) is 1.79. The first-order valence-electron chi connectivity index (χ1n) is 5.26. The number of amides is 2. The third-order valence-electron chi connectivity index (χ3n) is 2.82. The van der Waals surface area contributed by atoms with E-state index in [-0.39, 0.29) is 19.0 Å². The predicted octanol–water partition coefficient (Wildman–Crippen LogP) is 2.08. The van der Waals surface area contributed by atoms with Crippen LogP contribution in [0.5, 0.6) is 0 Å². The topological polar surface area (TPSA) is 32.3 Å². The largest absolute Gasteiger partial charge is 0.337 e. The molecule has 1 fully saturated rings. The SMILES string of the molecule is CN(C)C(=O)NCC1CCCCC1(F)F. The lowest BCUT2D eigenvalue weighted by molar-refractivity contribution is -0.0834. The zero-order chi connectivity index (χ0) is 11.5. The Morgan fingerprint density at radius 2 is 2.13 bits per heavy atom. The molecule has 2 amide bonds. The maximum absolute atomic E-state index is 13.4. The van der Waals surface area contributed by atoms with Crippen molar-refractivity contribution in [2.45, 2.75) is 31.6 Å². The van der Waals surface area contributed by atoms with Gasteiger partial charge in [-0.05, 0) is 12.8 Å². The molecule has 1 rings (SSSR count). The van der Waals surface area contributed by atoms with Crippen molar-refractivity contribution in [1.29, 1.82) is 0 Å². The first kappa shape index (κ1) is 12.2. The second-order valence-electron chi connectivity index (χ2n) is 4.28. The minimum Gasteiger partial charge on any atom is -0.337 e. The maximum Gasteiger partial charge on any atom is 0.316 e. The summed E-state index contributed by atoms with van der Waals surface area (Å²) in [7, 11) is 3.18. The Morgan fingerprint density at radius 3 is 2.67 bits per heavy atom. The number of nitrogens with one attached hydrogen (secondary N) is 1. The van der Waals surface area contributed by atoms with Crippen molar-refractivity contribution in [2.24, 2.45) is 5.92 Å². The van der Waals surface area contributed by atoms with Gasteiger partial charge >= 0.3 is 6.03 Å². The van der Waals surface area contributed by atoms with Crippen molar-refractivity contribution in [1.82, 2.24) is 10.2 Å². The molecule has 0 aliphatic heterocycles. The molecule has 1 saturated carbocycles. The summed E-state index contributed by atoms with van der Waals surface area (Å²) in [5, 5.41) is 2.51. The lowest BCUT2D eigenvalue weighted by Crippen LogP contribution is -2.43. The number of nitrogens with zero attached hydrogens (tertiary/aromatic N) is 1. The van der Waals surface area contributed by atoms with Crippen molar-refractivity contribution in [3.8, 4) is 0 Å². The number of halogens is 2. The Morgan fingerprint density at radius 1 is 1.47 bits per heavy atom. The molecule has 0 aromatic heterocycles. The third-order valence-corrected chi connectivity index (χ3v) is 2.82. The van der Waals surface area contributed by atoms with Gasteiger partial charge in [-0.3, -0.25) is 0 Å². The van der Waals surface area contributed by atoms with Crippen LogP contribution in [0, 0.1) is 5.92 Å². The average Bonchev–Trinajstić information content (AvgIpc) is 2.14. The molecule has 1 atom stereocenters. The Bertz CT molecular complexity index is 231. The highest BCUT2D eigenvalue weighted by Gasteiger charge is 2.41. The molecule has 3 nitrogen and oxygen atoms in total. The second-order valence-corrected chi connectivity index (χ2v) is 4.28. The smallest absolute Gasteiger partial charge is 0.316 e. The van der Waals surface area contributed by atoms with Crippen LogP contribution in [0.15, 0.2) is 0 Å². The number of hydrogen-bond acceptors (Lipinski definition) is 1. The Balaban J connectivity index is 2.40. The molecule has 1 unspecified atom stereocenters. The van der Waals surface area contributed by atoms with Crippen molar-refractivity contribution in [3.63, 3.8) is 0 Å². The standard InChI is InChI=1S/C10H18F2N2O/c1-14(2)9(15)13-7-8-5-3-4-6-10(8,11)12/h8H,3-7H2,1-2H3,(H,13,15). The normalized spacial score (nSPS) is 24.7. The lowest BCUT2D eigenvalue weighted by atomic mass is 9.85. The van der Waals surface area contributed by atoms with E-state index in [9.17, 15) is 13.6 Å². The summed E-state index contributed by atoms with van der Waals surface area (Å²) in [6.45, 7) is 0.0734. The number of alkyl halides is 2. The highest BCUT2D eigenvalue weighted by Crippen LogP contribution is 2.37. The van der Waals surface area contributed by atoms with Crippen LogP contribution in [0.25, 0.3) is 0 Å². The summed E-state index contributed by atoms with van der Waals surface area (Å²) in [5.74, 6) is -3.31. The molecule has 88 valence electrons.